The molecule has 0 saturated heterocycles. The highest BCUT2D eigenvalue weighted by Crippen LogP contribution is 2.39. The van der Waals surface area contributed by atoms with Crippen LogP contribution in [0.15, 0.2) is 0 Å². The summed E-state index contributed by atoms with van der Waals surface area (Å²) in [5.41, 5.74) is 0. The van der Waals surface area contributed by atoms with E-state index in [0.717, 1.165) is 18.6 Å². The summed E-state index contributed by atoms with van der Waals surface area (Å²) in [6, 6.07) is 0. The molecule has 0 aliphatic heterocycles. The summed E-state index contributed by atoms with van der Waals surface area (Å²) in [7, 11) is 0. The van der Waals surface area contributed by atoms with Gasteiger partial charge >= 0.3 is 30.3 Å². The van der Waals surface area contributed by atoms with Crippen molar-refractivity contribution >= 4 is 42.8 Å². The van der Waals surface area contributed by atoms with Crippen LogP contribution < -0.4 is 0 Å². The topological polar surface area (TPSA) is 0 Å². The van der Waals surface area contributed by atoms with E-state index in [1.165, 1.54) is 48.4 Å². The Bertz CT molecular complexity index is 264. The summed E-state index contributed by atoms with van der Waals surface area (Å²) in [6.07, 6.45) is 1.90. The van der Waals surface area contributed by atoms with E-state index in [4.69, 9.17) is 0 Å². The fraction of sp³-hybridized carbons (Fsp3) is 1.00. The summed E-state index contributed by atoms with van der Waals surface area (Å²) in [4.78, 5) is 0. The normalized spacial score (nSPS) is 12.5. The molecule has 0 heterocycles. The molecule has 0 aromatic rings. The molecule has 22 heavy (non-hydrogen) atoms. The van der Waals surface area contributed by atoms with Gasteiger partial charge in [-0.25, -0.2) is 0 Å². The second kappa shape index (κ2) is 13.5. The van der Waals surface area contributed by atoms with Gasteiger partial charge in [-0.3, -0.25) is 0 Å². The third-order valence-corrected chi connectivity index (χ3v) is 6.97. The zero-order valence-corrected chi connectivity index (χ0v) is 16.7. The summed E-state index contributed by atoms with van der Waals surface area (Å²) in [5, 5.41) is 0. The molecule has 0 rings (SSSR count). The zero-order valence-electron chi connectivity index (χ0n) is 12.9. The number of rotatable bonds is 14. The van der Waals surface area contributed by atoms with Gasteiger partial charge in [-0.2, -0.15) is 33.7 Å². The second-order valence-electron chi connectivity index (χ2n) is 5.44. The lowest BCUT2D eigenvalue weighted by atomic mass is 10.1. The van der Waals surface area contributed by atoms with Gasteiger partial charge in [-0.1, -0.05) is 38.5 Å². The maximum absolute atomic E-state index is 12.6. The minimum Gasteiger partial charge on any atom is -0.307 e. The van der Waals surface area contributed by atoms with Crippen LogP contribution in [0.4, 0.5) is 22.0 Å². The van der Waals surface area contributed by atoms with Gasteiger partial charge in [0, 0.05) is 6.42 Å². The van der Waals surface area contributed by atoms with Gasteiger partial charge < -0.3 is 12.9 Å². The van der Waals surface area contributed by atoms with Crippen LogP contribution in [0.5, 0.6) is 0 Å². The highest BCUT2D eigenvalue weighted by atomic mass is 79.9. The number of hydrogen-bond donors (Lipinski definition) is 0. The molecule has 0 aliphatic carbocycles. The van der Waals surface area contributed by atoms with E-state index in [0.29, 0.717) is 5.75 Å². The molecule has 0 nitrogen and oxygen atoms in total. The molecule has 0 spiro atoms. The molecule has 8 heteroatoms. The Labute approximate surface area is 150 Å². The van der Waals surface area contributed by atoms with Crippen molar-refractivity contribution in [1.82, 2.24) is 0 Å². The van der Waals surface area contributed by atoms with Crippen molar-refractivity contribution < 1.29 is 22.0 Å². The molecular formula is C14H24BrF5MgS. The van der Waals surface area contributed by atoms with E-state index in [9.17, 15) is 22.0 Å². The highest BCUT2D eigenvalue weighted by molar-refractivity contribution is 9.23. The van der Waals surface area contributed by atoms with E-state index < -0.39 is 18.5 Å². The SMILES string of the molecule is FC(F)(F)C(F)(F)CCCSCCCCCCCC[CH2][Mg][Br]. The summed E-state index contributed by atoms with van der Waals surface area (Å²) >= 11 is 5.06. The number of unbranched alkanes of at least 4 members (excludes halogenated alkanes) is 6. The Balaban J connectivity index is 3.28. The smallest absolute Gasteiger partial charge is 0.307 e. The van der Waals surface area contributed by atoms with E-state index in [-0.39, 0.29) is 24.6 Å². The third-order valence-electron chi connectivity index (χ3n) is 3.37. The van der Waals surface area contributed by atoms with Gasteiger partial charge in [0.05, 0.1) is 0 Å². The van der Waals surface area contributed by atoms with E-state index in [1.807, 2.05) is 0 Å². The minimum absolute atomic E-state index is 0.0394. The summed E-state index contributed by atoms with van der Waals surface area (Å²) in [6.45, 7) is 0. The maximum atomic E-state index is 12.6. The number of thioether (sulfide) groups is 1. The number of hydrogen-bond acceptors (Lipinski definition) is 1. The van der Waals surface area contributed by atoms with E-state index in [2.05, 4.69) is 12.9 Å². The first-order chi connectivity index (χ1) is 10.3. The van der Waals surface area contributed by atoms with Gasteiger partial charge in [0.25, 0.3) is 0 Å². The van der Waals surface area contributed by atoms with Gasteiger partial charge in [-0.15, -0.1) is 4.55 Å². The molecule has 0 saturated carbocycles. The van der Waals surface area contributed by atoms with Crippen molar-refractivity contribution in [3.05, 3.63) is 0 Å². The highest BCUT2D eigenvalue weighted by Gasteiger charge is 2.56. The Hall–Kier alpha value is 1.25. The molecular weight excluding hydrogens is 399 g/mol. The lowest BCUT2D eigenvalue weighted by Crippen LogP contribution is -2.36. The quantitative estimate of drug-likeness (QED) is 0.167. The Morgan fingerprint density at radius 2 is 1.23 bits per heavy atom. The molecule has 130 valence electrons. The van der Waals surface area contributed by atoms with Gasteiger partial charge in [0.2, 0.25) is 0 Å². The maximum Gasteiger partial charge on any atom is 0.468 e. The minimum atomic E-state index is -5.41. The lowest BCUT2D eigenvalue weighted by molar-refractivity contribution is -0.284. The van der Waals surface area contributed by atoms with Crippen LogP contribution in [0.25, 0.3) is 0 Å². The first-order valence-corrected chi connectivity index (χ1v) is 13.9. The van der Waals surface area contributed by atoms with Crippen molar-refractivity contribution in [1.29, 1.82) is 0 Å². The van der Waals surface area contributed by atoms with Crippen LogP contribution in [-0.4, -0.2) is 41.8 Å². The zero-order chi connectivity index (χ0) is 16.9. The van der Waals surface area contributed by atoms with E-state index in [1.54, 1.807) is 0 Å². The summed E-state index contributed by atoms with van der Waals surface area (Å²) in [5.74, 6) is -3.31. The average molecular weight is 424 g/mol. The first-order valence-electron chi connectivity index (χ1n) is 7.89. The molecule has 0 atom stereocenters. The molecule has 0 aliphatic rings. The van der Waals surface area contributed by atoms with Gasteiger partial charge in [0.1, 0.15) is 0 Å². The fourth-order valence-corrected chi connectivity index (χ4v) is 4.69. The van der Waals surface area contributed by atoms with Crippen molar-refractivity contribution in [2.24, 2.45) is 0 Å². The van der Waals surface area contributed by atoms with Crippen LogP contribution in [0.2, 0.25) is 4.55 Å². The molecule has 0 aromatic heterocycles. The predicted molar refractivity (Wildman–Crippen MR) is 89.4 cm³/mol. The number of halogens is 6. The van der Waals surface area contributed by atoms with Gasteiger partial charge in [0.15, 0.2) is 0 Å². The Morgan fingerprint density at radius 1 is 0.727 bits per heavy atom. The molecule has 0 bridgehead atoms. The molecule has 0 radical (unpaired) electrons. The van der Waals surface area contributed by atoms with Crippen molar-refractivity contribution in [3.63, 3.8) is 0 Å². The Morgan fingerprint density at radius 3 is 1.77 bits per heavy atom. The molecule has 0 N–H and O–H groups in total. The lowest BCUT2D eigenvalue weighted by Gasteiger charge is -2.19. The first kappa shape index (κ1) is 23.2. The molecule has 0 fully saturated rings. The van der Waals surface area contributed by atoms with Crippen molar-refractivity contribution in [3.8, 4) is 0 Å². The van der Waals surface area contributed by atoms with Crippen LogP contribution in [0.3, 0.4) is 0 Å². The van der Waals surface area contributed by atoms with E-state index >= 15 is 0 Å². The fourth-order valence-electron chi connectivity index (χ4n) is 2.00. The largest absolute Gasteiger partial charge is 0.468 e. The molecule has 0 unspecified atom stereocenters. The molecule has 0 aromatic carbocycles. The van der Waals surface area contributed by atoms with Crippen molar-refractivity contribution in [2.75, 3.05) is 11.5 Å². The third kappa shape index (κ3) is 12.6. The van der Waals surface area contributed by atoms with Crippen LogP contribution in [0.1, 0.15) is 57.8 Å². The van der Waals surface area contributed by atoms with Crippen LogP contribution in [0, 0.1) is 0 Å². The Kier molecular flexibility index (Phi) is 14.3. The van der Waals surface area contributed by atoms with Gasteiger partial charge in [-0.05, 0) is 24.3 Å². The average Bonchev–Trinajstić information content (AvgIpc) is 2.42. The number of alkyl halides is 5. The summed E-state index contributed by atoms with van der Waals surface area (Å²) < 4.78 is 62.4. The monoisotopic (exact) mass is 422 g/mol. The predicted octanol–water partition coefficient (Wildman–Crippen LogP) is 6.86. The second-order valence-corrected chi connectivity index (χ2v) is 10.1. The van der Waals surface area contributed by atoms with Crippen LogP contribution in [-0.2, 0) is 0 Å². The molecule has 0 amide bonds. The van der Waals surface area contributed by atoms with Crippen LogP contribution >= 0.6 is 24.6 Å². The van der Waals surface area contributed by atoms with Crippen molar-refractivity contribution in [2.45, 2.75) is 74.4 Å². The standard InChI is InChI=1S/C14H24F5S.BrH.Mg/c1-2-3-4-5-6-7-8-11-20-12-9-10-13(15,16)14(17,18)19;;/h1-12H2;1H;/q;;+1/p-1.